The summed E-state index contributed by atoms with van der Waals surface area (Å²) in [5.74, 6) is -0.194. The predicted molar refractivity (Wildman–Crippen MR) is 58.4 cm³/mol. The van der Waals surface area contributed by atoms with Gasteiger partial charge in [0, 0.05) is 13.1 Å². The minimum atomic E-state index is -2.98. The Balaban J connectivity index is 3.60. The summed E-state index contributed by atoms with van der Waals surface area (Å²) < 4.78 is 27.1. The molecular weight excluding hydrogens is 218 g/mol. The Morgan fingerprint density at radius 3 is 2.40 bits per heavy atom. The fraction of sp³-hybridized carbons (Fsp3) is 0.889. The number of esters is 1. The quantitative estimate of drug-likeness (QED) is 0.497. The summed E-state index contributed by atoms with van der Waals surface area (Å²) in [7, 11) is -1.66. The third kappa shape index (κ3) is 6.46. The lowest BCUT2D eigenvalue weighted by atomic mass is 10.4. The van der Waals surface area contributed by atoms with Gasteiger partial charge in [-0.25, -0.2) is 8.42 Å². The molecule has 0 amide bonds. The van der Waals surface area contributed by atoms with E-state index in [2.05, 4.69) is 10.1 Å². The number of methoxy groups -OCH3 is 1. The average molecular weight is 237 g/mol. The van der Waals surface area contributed by atoms with Gasteiger partial charge in [-0.05, 0) is 13.8 Å². The third-order valence-corrected chi connectivity index (χ3v) is 4.22. The molecule has 0 saturated carbocycles. The molecule has 15 heavy (non-hydrogen) atoms. The maximum absolute atomic E-state index is 11.4. The van der Waals surface area contributed by atoms with Crippen LogP contribution in [0.1, 0.15) is 20.3 Å². The van der Waals surface area contributed by atoms with Crippen molar-refractivity contribution >= 4 is 15.8 Å². The molecule has 5 nitrogen and oxygen atoms in total. The van der Waals surface area contributed by atoms with Gasteiger partial charge in [0.25, 0.3) is 0 Å². The summed E-state index contributed by atoms with van der Waals surface area (Å²) in [5, 5.41) is 2.53. The van der Waals surface area contributed by atoms with Crippen LogP contribution in [-0.4, -0.2) is 45.6 Å². The molecule has 0 radical (unpaired) electrons. The number of hydrogen-bond donors (Lipinski definition) is 1. The second-order valence-corrected chi connectivity index (χ2v) is 6.17. The molecule has 0 spiro atoms. The van der Waals surface area contributed by atoms with E-state index in [-0.39, 0.29) is 23.4 Å². The molecule has 0 heterocycles. The van der Waals surface area contributed by atoms with E-state index in [4.69, 9.17) is 0 Å². The number of sulfone groups is 1. The van der Waals surface area contributed by atoms with Crippen molar-refractivity contribution < 1.29 is 17.9 Å². The summed E-state index contributed by atoms with van der Waals surface area (Å²) in [6.45, 7) is 4.13. The fourth-order valence-corrected chi connectivity index (χ4v) is 1.77. The first-order valence-electron chi connectivity index (χ1n) is 4.89. The molecule has 0 aliphatic rings. The van der Waals surface area contributed by atoms with Crippen LogP contribution in [0.4, 0.5) is 0 Å². The largest absolute Gasteiger partial charge is 0.469 e. The standard InChI is InChI=1S/C9H19NO4S/c1-8(2)15(12,13)7-6-10-5-4-9(11)14-3/h8,10H,4-7H2,1-3H3. The van der Waals surface area contributed by atoms with E-state index in [0.717, 1.165) is 0 Å². The molecule has 0 aromatic heterocycles. The second-order valence-electron chi connectivity index (χ2n) is 3.49. The molecule has 90 valence electrons. The summed E-state index contributed by atoms with van der Waals surface area (Å²) in [6.07, 6.45) is 0.262. The lowest BCUT2D eigenvalue weighted by Crippen LogP contribution is -2.28. The highest BCUT2D eigenvalue weighted by molar-refractivity contribution is 7.92. The Labute approximate surface area is 91.1 Å². The monoisotopic (exact) mass is 237 g/mol. The highest BCUT2D eigenvalue weighted by atomic mass is 32.2. The van der Waals surface area contributed by atoms with Gasteiger partial charge >= 0.3 is 5.97 Å². The molecule has 0 rings (SSSR count). The van der Waals surface area contributed by atoms with E-state index >= 15 is 0 Å². The van der Waals surface area contributed by atoms with E-state index in [1.807, 2.05) is 0 Å². The van der Waals surface area contributed by atoms with Crippen molar-refractivity contribution in [2.45, 2.75) is 25.5 Å². The smallest absolute Gasteiger partial charge is 0.306 e. The molecule has 1 N–H and O–H groups in total. The predicted octanol–water partition coefficient (Wildman–Crippen LogP) is -0.0377. The van der Waals surface area contributed by atoms with Gasteiger partial charge in [-0.1, -0.05) is 0 Å². The Hall–Kier alpha value is -0.620. The minimum absolute atomic E-state index is 0.103. The molecule has 6 heteroatoms. The van der Waals surface area contributed by atoms with Crippen LogP contribution in [-0.2, 0) is 19.4 Å². The van der Waals surface area contributed by atoms with Crippen molar-refractivity contribution in [1.29, 1.82) is 0 Å². The highest BCUT2D eigenvalue weighted by Gasteiger charge is 2.14. The molecular formula is C9H19NO4S. The van der Waals surface area contributed by atoms with Crippen LogP contribution in [0, 0.1) is 0 Å². The number of carbonyl (C=O) groups excluding carboxylic acids is 1. The van der Waals surface area contributed by atoms with Gasteiger partial charge in [-0.3, -0.25) is 4.79 Å². The van der Waals surface area contributed by atoms with Crippen molar-refractivity contribution in [3.8, 4) is 0 Å². The van der Waals surface area contributed by atoms with E-state index < -0.39 is 9.84 Å². The lowest BCUT2D eigenvalue weighted by molar-refractivity contribution is -0.140. The van der Waals surface area contributed by atoms with Crippen molar-refractivity contribution in [3.63, 3.8) is 0 Å². The molecule has 0 aromatic rings. The third-order valence-electron chi connectivity index (χ3n) is 2.02. The van der Waals surface area contributed by atoms with Gasteiger partial charge < -0.3 is 10.1 Å². The van der Waals surface area contributed by atoms with E-state index in [9.17, 15) is 13.2 Å². The Morgan fingerprint density at radius 1 is 1.33 bits per heavy atom. The molecule has 0 bridgehead atoms. The van der Waals surface area contributed by atoms with Crippen molar-refractivity contribution in [1.82, 2.24) is 5.32 Å². The Morgan fingerprint density at radius 2 is 1.93 bits per heavy atom. The van der Waals surface area contributed by atoms with Crippen LogP contribution in [0.15, 0.2) is 0 Å². The Bertz CT molecular complexity index is 284. The van der Waals surface area contributed by atoms with Crippen LogP contribution < -0.4 is 5.32 Å². The lowest BCUT2D eigenvalue weighted by Gasteiger charge is -2.08. The van der Waals surface area contributed by atoms with Gasteiger partial charge in [0.05, 0.1) is 24.5 Å². The number of rotatable bonds is 7. The van der Waals surface area contributed by atoms with E-state index in [1.54, 1.807) is 13.8 Å². The van der Waals surface area contributed by atoms with Crippen LogP contribution in [0.3, 0.4) is 0 Å². The Kier molecular flexibility index (Phi) is 6.51. The molecule has 0 atom stereocenters. The first-order valence-corrected chi connectivity index (χ1v) is 6.60. The van der Waals surface area contributed by atoms with Crippen LogP contribution in [0.25, 0.3) is 0 Å². The number of carbonyl (C=O) groups is 1. The van der Waals surface area contributed by atoms with Crippen LogP contribution in [0.2, 0.25) is 0 Å². The highest BCUT2D eigenvalue weighted by Crippen LogP contribution is 1.98. The summed E-state index contributed by atoms with van der Waals surface area (Å²) in [5.41, 5.74) is 0. The average Bonchev–Trinajstić information content (AvgIpc) is 2.16. The first-order chi connectivity index (χ1) is 6.90. The molecule has 0 aromatic carbocycles. The summed E-state index contributed by atoms with van der Waals surface area (Å²) >= 11 is 0. The zero-order valence-electron chi connectivity index (χ0n) is 9.45. The first kappa shape index (κ1) is 14.4. The topological polar surface area (TPSA) is 72.5 Å². The van der Waals surface area contributed by atoms with E-state index in [1.165, 1.54) is 7.11 Å². The molecule has 0 aliphatic heterocycles. The summed E-state index contributed by atoms with van der Waals surface area (Å²) in [4.78, 5) is 10.7. The van der Waals surface area contributed by atoms with Crippen LogP contribution in [0.5, 0.6) is 0 Å². The van der Waals surface area contributed by atoms with Crippen molar-refractivity contribution in [3.05, 3.63) is 0 Å². The molecule has 0 fully saturated rings. The van der Waals surface area contributed by atoms with Gasteiger partial charge in [0.1, 0.15) is 0 Å². The maximum Gasteiger partial charge on any atom is 0.306 e. The van der Waals surface area contributed by atoms with Gasteiger partial charge in [0.15, 0.2) is 9.84 Å². The molecule has 0 aliphatic carbocycles. The SMILES string of the molecule is COC(=O)CCNCCS(=O)(=O)C(C)C. The van der Waals surface area contributed by atoms with Gasteiger partial charge in [0.2, 0.25) is 0 Å². The van der Waals surface area contributed by atoms with E-state index in [0.29, 0.717) is 13.1 Å². The zero-order valence-corrected chi connectivity index (χ0v) is 10.3. The maximum atomic E-state index is 11.4. The van der Waals surface area contributed by atoms with Gasteiger partial charge in [-0.15, -0.1) is 0 Å². The number of nitrogens with one attached hydrogen (secondary N) is 1. The number of ether oxygens (including phenoxy) is 1. The van der Waals surface area contributed by atoms with Gasteiger partial charge in [-0.2, -0.15) is 0 Å². The molecule has 0 saturated heterocycles. The fourth-order valence-electron chi connectivity index (χ4n) is 0.868. The normalized spacial score (nSPS) is 11.7. The second kappa shape index (κ2) is 6.79. The minimum Gasteiger partial charge on any atom is -0.469 e. The van der Waals surface area contributed by atoms with Crippen molar-refractivity contribution in [2.24, 2.45) is 0 Å². The number of hydrogen-bond acceptors (Lipinski definition) is 5. The van der Waals surface area contributed by atoms with Crippen LogP contribution >= 0.6 is 0 Å². The molecule has 0 unspecified atom stereocenters. The summed E-state index contributed by atoms with van der Waals surface area (Å²) in [6, 6.07) is 0. The zero-order chi connectivity index (χ0) is 11.9. The van der Waals surface area contributed by atoms with Crippen molar-refractivity contribution in [2.75, 3.05) is 26.0 Å².